The molecule has 0 radical (unpaired) electrons. The van der Waals surface area contributed by atoms with Crippen molar-refractivity contribution in [3.63, 3.8) is 0 Å². The summed E-state index contributed by atoms with van der Waals surface area (Å²) >= 11 is 0. The molecule has 1 saturated carbocycles. The minimum absolute atomic E-state index is 0.0790. The van der Waals surface area contributed by atoms with Crippen LogP contribution in [0.4, 0.5) is 5.69 Å². The minimum atomic E-state index is -0.455. The van der Waals surface area contributed by atoms with Crippen LogP contribution in [0.25, 0.3) is 0 Å². The number of carbonyl (C=O) groups is 2. The summed E-state index contributed by atoms with van der Waals surface area (Å²) < 4.78 is 5.82. The molecule has 0 aromatic heterocycles. The molecule has 146 valence electrons. The van der Waals surface area contributed by atoms with Gasteiger partial charge in [0.1, 0.15) is 5.75 Å². The lowest BCUT2D eigenvalue weighted by Crippen LogP contribution is -2.43. The normalized spacial score (nSPS) is 30.5. The highest BCUT2D eigenvalue weighted by atomic mass is 16.5. The topological polar surface area (TPSA) is 79.5 Å². The van der Waals surface area contributed by atoms with Gasteiger partial charge in [0.05, 0.1) is 17.8 Å². The van der Waals surface area contributed by atoms with Crippen molar-refractivity contribution in [2.75, 3.05) is 5.32 Å². The van der Waals surface area contributed by atoms with E-state index in [2.05, 4.69) is 16.0 Å². The molecule has 3 aliphatic rings. The summed E-state index contributed by atoms with van der Waals surface area (Å²) in [6.45, 7) is 3.91. The van der Waals surface area contributed by atoms with Crippen LogP contribution >= 0.6 is 0 Å². The van der Waals surface area contributed by atoms with Crippen LogP contribution in [0.15, 0.2) is 18.2 Å². The molecule has 1 aliphatic carbocycles. The van der Waals surface area contributed by atoms with Gasteiger partial charge in [-0.05, 0) is 56.2 Å². The van der Waals surface area contributed by atoms with E-state index < -0.39 is 6.10 Å². The van der Waals surface area contributed by atoms with Crippen LogP contribution in [0, 0.1) is 5.92 Å². The zero-order valence-corrected chi connectivity index (χ0v) is 16.1. The van der Waals surface area contributed by atoms with E-state index in [0.29, 0.717) is 29.8 Å². The van der Waals surface area contributed by atoms with E-state index in [1.165, 1.54) is 25.7 Å². The Hall–Kier alpha value is -2.08. The van der Waals surface area contributed by atoms with Crippen molar-refractivity contribution < 1.29 is 14.3 Å². The second kappa shape index (κ2) is 7.50. The van der Waals surface area contributed by atoms with Crippen LogP contribution in [-0.4, -0.2) is 30.0 Å². The molecule has 1 saturated heterocycles. The standard InChI is InChI=1S/C21H29N3O3/c1-3-18-21(26)24-16-9-8-13(11-19(16)27-18)12(2)22-20(25)17-10-14-6-4-5-7-15(14)23-17/h8-9,11-12,14-15,17-18,23H,3-7,10H2,1-2H3,(H,22,25)(H,24,26). The first-order valence-electron chi connectivity index (χ1n) is 10.2. The van der Waals surface area contributed by atoms with Gasteiger partial charge in [-0.3, -0.25) is 9.59 Å². The average molecular weight is 371 g/mol. The number of hydrogen-bond acceptors (Lipinski definition) is 4. The Bertz CT molecular complexity index is 721. The molecule has 1 aromatic carbocycles. The third-order valence-electron chi connectivity index (χ3n) is 6.23. The number of hydrogen-bond donors (Lipinski definition) is 3. The summed E-state index contributed by atoms with van der Waals surface area (Å²) in [6, 6.07) is 6.01. The van der Waals surface area contributed by atoms with E-state index in [1.807, 2.05) is 32.0 Å². The lowest BCUT2D eigenvalue weighted by Gasteiger charge is -2.26. The Morgan fingerprint density at radius 1 is 1.33 bits per heavy atom. The number of amides is 2. The molecule has 2 heterocycles. The molecule has 0 spiro atoms. The summed E-state index contributed by atoms with van der Waals surface area (Å²) in [5.74, 6) is 1.30. The first kappa shape index (κ1) is 18.3. The fourth-order valence-electron chi connectivity index (χ4n) is 4.62. The Morgan fingerprint density at radius 3 is 2.93 bits per heavy atom. The van der Waals surface area contributed by atoms with Gasteiger partial charge in [-0.1, -0.05) is 25.8 Å². The molecule has 0 bridgehead atoms. The summed E-state index contributed by atoms with van der Waals surface area (Å²) in [6.07, 6.45) is 6.10. The van der Waals surface area contributed by atoms with Crippen molar-refractivity contribution in [2.45, 2.75) is 76.6 Å². The van der Waals surface area contributed by atoms with E-state index in [1.54, 1.807) is 0 Å². The van der Waals surface area contributed by atoms with Crippen molar-refractivity contribution in [2.24, 2.45) is 5.92 Å². The van der Waals surface area contributed by atoms with Crippen LogP contribution in [0.5, 0.6) is 5.75 Å². The van der Waals surface area contributed by atoms with Crippen molar-refractivity contribution in [3.05, 3.63) is 23.8 Å². The third kappa shape index (κ3) is 3.68. The van der Waals surface area contributed by atoms with Gasteiger partial charge in [0.15, 0.2) is 6.10 Å². The van der Waals surface area contributed by atoms with E-state index in [-0.39, 0.29) is 23.9 Å². The van der Waals surface area contributed by atoms with Gasteiger partial charge in [-0.25, -0.2) is 0 Å². The molecule has 5 unspecified atom stereocenters. The van der Waals surface area contributed by atoms with Crippen LogP contribution in [0.2, 0.25) is 0 Å². The lowest BCUT2D eigenvalue weighted by atomic mass is 9.85. The molecule has 2 aliphatic heterocycles. The maximum Gasteiger partial charge on any atom is 0.265 e. The molecule has 1 aromatic rings. The van der Waals surface area contributed by atoms with Crippen LogP contribution in [0.1, 0.15) is 64.0 Å². The molecule has 3 N–H and O–H groups in total. The summed E-state index contributed by atoms with van der Waals surface area (Å²) in [5.41, 5.74) is 1.66. The number of fused-ring (bicyclic) bond motifs is 2. The number of anilines is 1. The van der Waals surface area contributed by atoms with Crippen molar-refractivity contribution in [1.29, 1.82) is 0 Å². The number of carbonyl (C=O) groups excluding carboxylic acids is 2. The fraction of sp³-hybridized carbons (Fsp3) is 0.619. The molecular formula is C21H29N3O3. The molecular weight excluding hydrogens is 342 g/mol. The maximum atomic E-state index is 12.7. The van der Waals surface area contributed by atoms with Crippen LogP contribution in [-0.2, 0) is 9.59 Å². The van der Waals surface area contributed by atoms with Gasteiger partial charge >= 0.3 is 0 Å². The quantitative estimate of drug-likeness (QED) is 0.760. The highest BCUT2D eigenvalue weighted by Gasteiger charge is 2.38. The predicted molar refractivity (Wildman–Crippen MR) is 104 cm³/mol. The van der Waals surface area contributed by atoms with Gasteiger partial charge in [0.25, 0.3) is 5.91 Å². The summed E-state index contributed by atoms with van der Waals surface area (Å²) in [4.78, 5) is 24.6. The van der Waals surface area contributed by atoms with Crippen molar-refractivity contribution in [3.8, 4) is 5.75 Å². The summed E-state index contributed by atoms with van der Waals surface area (Å²) in [7, 11) is 0. The first-order chi connectivity index (χ1) is 13.0. The average Bonchev–Trinajstić information content (AvgIpc) is 3.11. The van der Waals surface area contributed by atoms with Crippen molar-refractivity contribution >= 4 is 17.5 Å². The highest BCUT2D eigenvalue weighted by molar-refractivity contribution is 5.97. The van der Waals surface area contributed by atoms with Crippen LogP contribution in [0.3, 0.4) is 0 Å². The van der Waals surface area contributed by atoms with Gasteiger partial charge in [0, 0.05) is 6.04 Å². The largest absolute Gasteiger partial charge is 0.478 e. The molecule has 2 amide bonds. The summed E-state index contributed by atoms with van der Waals surface area (Å²) in [5, 5.41) is 9.56. The van der Waals surface area contributed by atoms with Gasteiger partial charge in [-0.15, -0.1) is 0 Å². The fourth-order valence-corrected chi connectivity index (χ4v) is 4.62. The Balaban J connectivity index is 1.40. The third-order valence-corrected chi connectivity index (χ3v) is 6.23. The Labute approximate surface area is 160 Å². The van der Waals surface area contributed by atoms with Gasteiger partial charge in [-0.2, -0.15) is 0 Å². The molecule has 27 heavy (non-hydrogen) atoms. The molecule has 2 fully saturated rings. The second-order valence-electron chi connectivity index (χ2n) is 8.10. The van der Waals surface area contributed by atoms with E-state index >= 15 is 0 Å². The monoisotopic (exact) mass is 371 g/mol. The van der Waals surface area contributed by atoms with E-state index in [9.17, 15) is 9.59 Å². The van der Waals surface area contributed by atoms with Crippen LogP contribution < -0.4 is 20.7 Å². The maximum absolute atomic E-state index is 12.7. The van der Waals surface area contributed by atoms with E-state index in [0.717, 1.165) is 12.0 Å². The number of rotatable bonds is 4. The SMILES string of the molecule is CCC1Oc2cc(C(C)NC(=O)C3CC4CCCCC4N3)ccc2NC1=O. The smallest absolute Gasteiger partial charge is 0.265 e. The highest BCUT2D eigenvalue weighted by Crippen LogP contribution is 2.35. The van der Waals surface area contributed by atoms with Crippen molar-refractivity contribution in [1.82, 2.24) is 10.6 Å². The lowest BCUT2D eigenvalue weighted by molar-refractivity contribution is -0.124. The first-order valence-corrected chi connectivity index (χ1v) is 10.2. The van der Waals surface area contributed by atoms with Gasteiger partial charge < -0.3 is 20.7 Å². The van der Waals surface area contributed by atoms with E-state index in [4.69, 9.17) is 4.74 Å². The number of ether oxygens (including phenoxy) is 1. The Morgan fingerprint density at radius 2 is 2.15 bits per heavy atom. The zero-order chi connectivity index (χ0) is 19.0. The number of benzene rings is 1. The molecule has 4 rings (SSSR count). The predicted octanol–water partition coefficient (Wildman–Crippen LogP) is 2.89. The minimum Gasteiger partial charge on any atom is -0.478 e. The molecule has 6 heteroatoms. The van der Waals surface area contributed by atoms with Gasteiger partial charge in [0.2, 0.25) is 5.91 Å². The Kier molecular flexibility index (Phi) is 5.08. The molecule has 5 atom stereocenters. The second-order valence-corrected chi connectivity index (χ2v) is 8.10. The zero-order valence-electron chi connectivity index (χ0n) is 16.1. The molecule has 6 nitrogen and oxygen atoms in total. The number of nitrogens with one attached hydrogen (secondary N) is 3.